The molecule has 0 aliphatic heterocycles. The molecule has 284 valence electrons. The summed E-state index contributed by atoms with van der Waals surface area (Å²) in [6, 6.07) is 27.1. The Morgan fingerprint density at radius 3 is 1.45 bits per heavy atom. The van der Waals surface area contributed by atoms with Gasteiger partial charge in [0, 0.05) is 24.7 Å². The molecule has 0 amide bonds. The van der Waals surface area contributed by atoms with E-state index in [-0.39, 0.29) is 17.9 Å². The summed E-state index contributed by atoms with van der Waals surface area (Å²) in [6.07, 6.45) is 3.92. The van der Waals surface area contributed by atoms with Gasteiger partial charge in [0.15, 0.2) is 5.78 Å². The highest BCUT2D eigenvalue weighted by molar-refractivity contribution is 7.92. The Balaban J connectivity index is 0.000000206. The zero-order chi connectivity index (χ0) is 38.9. The number of anilines is 1. The highest BCUT2D eigenvalue weighted by Gasteiger charge is 2.29. The van der Waals surface area contributed by atoms with Crippen molar-refractivity contribution in [2.45, 2.75) is 82.9 Å². The molecule has 6 rings (SSSR count). The van der Waals surface area contributed by atoms with Gasteiger partial charge in [0.1, 0.15) is 0 Å². The largest absolute Gasteiger partial charge is 0.295 e. The number of benzene rings is 4. The van der Waals surface area contributed by atoms with Gasteiger partial charge in [-0.2, -0.15) is 0 Å². The molecule has 0 saturated carbocycles. The third-order valence-corrected chi connectivity index (χ3v) is 14.8. The van der Waals surface area contributed by atoms with Gasteiger partial charge < -0.3 is 0 Å². The van der Waals surface area contributed by atoms with E-state index in [1.165, 1.54) is 28.7 Å². The summed E-state index contributed by atoms with van der Waals surface area (Å²) in [5.41, 5.74) is 9.86. The highest BCUT2D eigenvalue weighted by Crippen LogP contribution is 2.32. The van der Waals surface area contributed by atoms with Crippen molar-refractivity contribution in [3.63, 3.8) is 0 Å². The zero-order valence-corrected chi connectivity index (χ0v) is 33.7. The first-order valence-corrected chi connectivity index (χ1v) is 22.6. The van der Waals surface area contributed by atoms with E-state index in [1.807, 2.05) is 60.7 Å². The number of hydrogen-bond donors (Lipinski definition) is 2. The normalized spacial score (nSPS) is 16.9. The molecule has 53 heavy (non-hydrogen) atoms. The summed E-state index contributed by atoms with van der Waals surface area (Å²) in [5, 5.41) is -0.887. The van der Waals surface area contributed by atoms with Crippen LogP contribution in [0.1, 0.15) is 67.2 Å². The lowest BCUT2D eigenvalue weighted by Gasteiger charge is -2.17. The molecule has 0 aromatic heterocycles. The van der Waals surface area contributed by atoms with Crippen LogP contribution in [0.3, 0.4) is 0 Å². The average Bonchev–Trinajstić information content (AvgIpc) is 3.68. The SMILES string of the molecule is CC(=O)c1cccc(-c2ccc3c(c2)CC(NS(=O)(=O)C(C)C)C3)c1.CC(C)S(=O)(=O)NC1Cc2ccc(-c3cccc(N(C)S(C)(=O)=O)c3)cc2C1. The van der Waals surface area contributed by atoms with Gasteiger partial charge in [-0.05, 0) is 123 Å². The molecule has 13 heteroatoms. The average molecular weight is 780 g/mol. The van der Waals surface area contributed by atoms with Crippen molar-refractivity contribution < 1.29 is 30.0 Å². The van der Waals surface area contributed by atoms with Crippen LogP contribution in [0.15, 0.2) is 84.9 Å². The van der Waals surface area contributed by atoms with Crippen LogP contribution in [0.25, 0.3) is 22.3 Å². The monoisotopic (exact) mass is 779 g/mol. The Morgan fingerprint density at radius 1 is 0.604 bits per heavy atom. The minimum atomic E-state index is -3.33. The number of Topliss-reactive ketones (excluding diaryl/α,β-unsaturated/α-hetero) is 1. The van der Waals surface area contributed by atoms with Crippen molar-refractivity contribution in [3.8, 4) is 22.3 Å². The van der Waals surface area contributed by atoms with Crippen LogP contribution in [0.2, 0.25) is 0 Å². The van der Waals surface area contributed by atoms with Crippen molar-refractivity contribution in [1.29, 1.82) is 0 Å². The second-order valence-corrected chi connectivity index (χ2v) is 21.1. The van der Waals surface area contributed by atoms with Crippen LogP contribution in [0.5, 0.6) is 0 Å². The molecule has 4 aromatic carbocycles. The van der Waals surface area contributed by atoms with E-state index in [0.29, 0.717) is 30.5 Å². The lowest BCUT2D eigenvalue weighted by atomic mass is 9.98. The fraction of sp³-hybridized carbons (Fsp3) is 0.375. The van der Waals surface area contributed by atoms with Crippen molar-refractivity contribution >= 4 is 41.5 Å². The highest BCUT2D eigenvalue weighted by atomic mass is 32.2. The first kappa shape index (κ1) is 40.3. The van der Waals surface area contributed by atoms with Gasteiger partial charge in [-0.15, -0.1) is 0 Å². The van der Waals surface area contributed by atoms with Crippen LogP contribution in [-0.4, -0.2) is 66.9 Å². The Kier molecular flexibility index (Phi) is 12.0. The molecule has 0 saturated heterocycles. The molecule has 2 unspecified atom stereocenters. The van der Waals surface area contributed by atoms with Crippen LogP contribution >= 0.6 is 0 Å². The minimum Gasteiger partial charge on any atom is -0.295 e. The van der Waals surface area contributed by atoms with Crippen molar-refractivity contribution in [2.75, 3.05) is 17.6 Å². The molecule has 0 fully saturated rings. The predicted molar refractivity (Wildman–Crippen MR) is 214 cm³/mol. The number of fused-ring (bicyclic) bond motifs is 2. The molecule has 2 aliphatic rings. The number of nitrogens with zero attached hydrogens (tertiary/aromatic N) is 1. The second kappa shape index (κ2) is 15.8. The smallest absolute Gasteiger partial charge is 0.231 e. The van der Waals surface area contributed by atoms with Crippen LogP contribution in [-0.2, 0) is 55.8 Å². The fourth-order valence-electron chi connectivity index (χ4n) is 6.49. The van der Waals surface area contributed by atoms with Crippen molar-refractivity contribution in [1.82, 2.24) is 9.44 Å². The summed E-state index contributed by atoms with van der Waals surface area (Å²) in [7, 11) is -8.37. The van der Waals surface area contributed by atoms with E-state index in [0.717, 1.165) is 39.8 Å². The van der Waals surface area contributed by atoms with Gasteiger partial charge >= 0.3 is 0 Å². The first-order chi connectivity index (χ1) is 24.7. The summed E-state index contributed by atoms with van der Waals surface area (Å²) in [5.74, 6) is 0.0474. The topological polar surface area (TPSA) is 147 Å². The number of hydrogen-bond acceptors (Lipinski definition) is 7. The Morgan fingerprint density at radius 2 is 1.02 bits per heavy atom. The van der Waals surface area contributed by atoms with Gasteiger partial charge in [-0.1, -0.05) is 66.7 Å². The Labute approximate surface area is 315 Å². The van der Waals surface area contributed by atoms with Crippen molar-refractivity contribution in [2.24, 2.45) is 0 Å². The number of nitrogens with one attached hydrogen (secondary N) is 2. The van der Waals surface area contributed by atoms with Gasteiger partial charge in [-0.25, -0.2) is 34.7 Å². The Bertz CT molecular complexity index is 2340. The molecule has 10 nitrogen and oxygen atoms in total. The van der Waals surface area contributed by atoms with Crippen LogP contribution < -0.4 is 13.7 Å². The molecular weight excluding hydrogens is 731 g/mol. The number of ketones is 1. The van der Waals surface area contributed by atoms with E-state index in [1.54, 1.807) is 40.7 Å². The second-order valence-electron chi connectivity index (χ2n) is 14.5. The van der Waals surface area contributed by atoms with E-state index >= 15 is 0 Å². The van der Waals surface area contributed by atoms with Crippen LogP contribution in [0.4, 0.5) is 5.69 Å². The molecular formula is C40H49N3O7S3. The number of sulfonamides is 3. The molecule has 2 aliphatic carbocycles. The third-order valence-electron chi connectivity index (χ3n) is 9.82. The van der Waals surface area contributed by atoms with Crippen molar-refractivity contribution in [3.05, 3.63) is 113 Å². The van der Waals surface area contributed by atoms with Gasteiger partial charge in [0.25, 0.3) is 0 Å². The summed E-state index contributed by atoms with van der Waals surface area (Å²) in [4.78, 5) is 11.6. The molecule has 0 bridgehead atoms. The first-order valence-electron chi connectivity index (χ1n) is 17.6. The number of carbonyl (C=O) groups is 1. The maximum atomic E-state index is 12.1. The lowest BCUT2D eigenvalue weighted by Crippen LogP contribution is -2.39. The maximum Gasteiger partial charge on any atom is 0.231 e. The molecule has 2 N–H and O–H groups in total. The predicted octanol–water partition coefficient (Wildman–Crippen LogP) is 5.90. The van der Waals surface area contributed by atoms with E-state index in [2.05, 4.69) is 27.6 Å². The van der Waals surface area contributed by atoms with Gasteiger partial charge in [-0.3, -0.25) is 9.10 Å². The quantitative estimate of drug-likeness (QED) is 0.181. The molecule has 0 spiro atoms. The van der Waals surface area contributed by atoms with E-state index in [9.17, 15) is 30.0 Å². The standard InChI is InChI=1S/C20H26N2O4S2.C20H23NO3S/c1-14(2)28(25,26)21-19-11-17-9-8-16(10-18(17)12-19)15-6-5-7-20(13-15)22(3)27(4,23)24;1-13(2)25(23,24)21-20-11-18-8-7-17(10-19(18)12-20)16-6-4-5-15(9-16)14(3)22/h5-10,13-14,19,21H,11-12H2,1-4H3;4-10,13,20-21H,11-12H2,1-3H3. The van der Waals surface area contributed by atoms with E-state index < -0.39 is 40.6 Å². The molecule has 0 heterocycles. The molecule has 0 radical (unpaired) electrons. The molecule has 4 aromatic rings. The maximum absolute atomic E-state index is 12.1. The minimum absolute atomic E-state index is 0.0474. The van der Waals surface area contributed by atoms with E-state index in [4.69, 9.17) is 0 Å². The third kappa shape index (κ3) is 9.81. The summed E-state index contributed by atoms with van der Waals surface area (Å²) < 4.78 is 78.9. The number of rotatable bonds is 11. The summed E-state index contributed by atoms with van der Waals surface area (Å²) >= 11 is 0. The van der Waals surface area contributed by atoms with Gasteiger partial charge in [0.2, 0.25) is 30.1 Å². The summed E-state index contributed by atoms with van der Waals surface area (Å²) in [6.45, 7) is 8.27. The van der Waals surface area contributed by atoms with Gasteiger partial charge in [0.05, 0.1) is 22.4 Å². The fourth-order valence-corrected chi connectivity index (χ4v) is 8.79. The molecule has 2 atom stereocenters. The lowest BCUT2D eigenvalue weighted by molar-refractivity contribution is 0.101. The van der Waals surface area contributed by atoms with Crippen LogP contribution in [0, 0.1) is 0 Å². The Hall–Kier alpha value is -3.88. The zero-order valence-electron chi connectivity index (χ0n) is 31.3. The number of carbonyl (C=O) groups excluding carboxylic acids is 1.